The molecule has 0 aliphatic heterocycles. The first-order valence-corrected chi connectivity index (χ1v) is 6.43. The van der Waals surface area contributed by atoms with Crippen LogP contribution in [0.4, 0.5) is 13.2 Å². The molecule has 5 nitrogen and oxygen atoms in total. The van der Waals surface area contributed by atoms with Gasteiger partial charge in [0.25, 0.3) is 5.91 Å². The van der Waals surface area contributed by atoms with Gasteiger partial charge in [0.15, 0.2) is 0 Å². The van der Waals surface area contributed by atoms with Gasteiger partial charge in [0.1, 0.15) is 18.1 Å². The van der Waals surface area contributed by atoms with Gasteiger partial charge in [-0.05, 0) is 19.1 Å². The van der Waals surface area contributed by atoms with E-state index in [0.29, 0.717) is 11.5 Å². The van der Waals surface area contributed by atoms with Gasteiger partial charge >= 0.3 is 6.18 Å². The van der Waals surface area contributed by atoms with Crippen molar-refractivity contribution < 1.29 is 32.2 Å². The molecule has 8 heteroatoms. The Hall–Kier alpha value is -1.96. The number of benzene rings is 1. The van der Waals surface area contributed by atoms with E-state index in [9.17, 15) is 18.0 Å². The molecule has 0 saturated carbocycles. The van der Waals surface area contributed by atoms with Crippen LogP contribution in [0.15, 0.2) is 12.1 Å². The lowest BCUT2D eigenvalue weighted by Gasteiger charge is -2.13. The molecule has 1 rings (SSSR count). The van der Waals surface area contributed by atoms with E-state index < -0.39 is 18.7 Å². The highest BCUT2D eigenvalue weighted by molar-refractivity contribution is 5.95. The Morgan fingerprint density at radius 2 is 1.73 bits per heavy atom. The van der Waals surface area contributed by atoms with Gasteiger partial charge in [0.2, 0.25) is 0 Å². The number of carbonyl (C=O) groups is 1. The third kappa shape index (κ3) is 5.44. The Bertz CT molecular complexity index is 492. The zero-order valence-corrected chi connectivity index (χ0v) is 12.5. The smallest absolute Gasteiger partial charge is 0.411 e. The Labute approximate surface area is 126 Å². The Balaban J connectivity index is 2.59. The molecule has 1 N–H and O–H groups in total. The number of hydrogen-bond donors (Lipinski definition) is 1. The van der Waals surface area contributed by atoms with Crippen LogP contribution >= 0.6 is 0 Å². The summed E-state index contributed by atoms with van der Waals surface area (Å²) in [6.45, 7) is 0.179. The first kappa shape index (κ1) is 18.1. The lowest BCUT2D eigenvalue weighted by molar-refractivity contribution is -0.173. The predicted octanol–water partition coefficient (Wildman–Crippen LogP) is 2.32. The number of methoxy groups -OCH3 is 2. The second kappa shape index (κ2) is 7.88. The third-order valence-electron chi connectivity index (χ3n) is 2.81. The molecule has 0 spiro atoms. The first-order chi connectivity index (χ1) is 10.3. The van der Waals surface area contributed by atoms with Crippen molar-refractivity contribution in [2.24, 2.45) is 0 Å². The van der Waals surface area contributed by atoms with E-state index in [0.717, 1.165) is 5.56 Å². The van der Waals surface area contributed by atoms with Gasteiger partial charge in [-0.3, -0.25) is 4.79 Å². The fraction of sp³-hybridized carbons (Fsp3) is 0.500. The van der Waals surface area contributed by atoms with Gasteiger partial charge in [-0.25, -0.2) is 0 Å². The van der Waals surface area contributed by atoms with E-state index in [1.807, 2.05) is 0 Å². The summed E-state index contributed by atoms with van der Waals surface area (Å²) in [4.78, 5) is 12.0. The molecule has 124 valence electrons. The number of amides is 1. The second-order valence-corrected chi connectivity index (χ2v) is 4.43. The van der Waals surface area contributed by atoms with E-state index in [1.165, 1.54) is 26.4 Å². The maximum atomic E-state index is 12.0. The maximum Gasteiger partial charge on any atom is 0.411 e. The van der Waals surface area contributed by atoms with Gasteiger partial charge in [0, 0.05) is 17.7 Å². The van der Waals surface area contributed by atoms with Crippen molar-refractivity contribution >= 4 is 5.91 Å². The van der Waals surface area contributed by atoms with E-state index in [-0.39, 0.29) is 18.7 Å². The molecule has 0 aromatic heterocycles. The molecule has 0 aliphatic carbocycles. The lowest BCUT2D eigenvalue weighted by Crippen LogP contribution is -2.29. The molecule has 0 aliphatic rings. The summed E-state index contributed by atoms with van der Waals surface area (Å²) >= 11 is 0. The number of halogens is 3. The quantitative estimate of drug-likeness (QED) is 0.783. The molecule has 22 heavy (non-hydrogen) atoms. The average Bonchev–Trinajstić information content (AvgIpc) is 2.45. The van der Waals surface area contributed by atoms with E-state index in [2.05, 4.69) is 10.1 Å². The molecule has 0 heterocycles. The molecule has 0 bridgehead atoms. The Morgan fingerprint density at radius 1 is 1.18 bits per heavy atom. The van der Waals surface area contributed by atoms with Crippen molar-refractivity contribution in [3.8, 4) is 11.5 Å². The summed E-state index contributed by atoms with van der Waals surface area (Å²) in [6.07, 6.45) is -4.37. The van der Waals surface area contributed by atoms with E-state index in [4.69, 9.17) is 9.47 Å². The highest BCUT2D eigenvalue weighted by Gasteiger charge is 2.27. The minimum absolute atomic E-state index is 0.0343. The van der Waals surface area contributed by atoms with Crippen molar-refractivity contribution in [2.75, 3.05) is 34.0 Å². The van der Waals surface area contributed by atoms with Gasteiger partial charge in [-0.15, -0.1) is 0 Å². The topological polar surface area (TPSA) is 56.8 Å². The van der Waals surface area contributed by atoms with Crippen LogP contribution in [0.5, 0.6) is 11.5 Å². The van der Waals surface area contributed by atoms with Gasteiger partial charge in [-0.1, -0.05) is 0 Å². The van der Waals surface area contributed by atoms with Crippen LogP contribution in [0.2, 0.25) is 0 Å². The summed E-state index contributed by atoms with van der Waals surface area (Å²) in [5.41, 5.74) is 1.03. The number of ether oxygens (including phenoxy) is 3. The number of alkyl halides is 3. The summed E-state index contributed by atoms with van der Waals surface area (Å²) in [5.74, 6) is 0.517. The highest BCUT2D eigenvalue weighted by atomic mass is 19.4. The normalized spacial score (nSPS) is 11.2. The summed E-state index contributed by atoms with van der Waals surface area (Å²) < 4.78 is 50.3. The average molecular weight is 321 g/mol. The van der Waals surface area contributed by atoms with Gasteiger partial charge in [-0.2, -0.15) is 13.2 Å². The summed E-state index contributed by atoms with van der Waals surface area (Å²) in [7, 11) is 2.93. The Kier molecular flexibility index (Phi) is 6.48. The van der Waals surface area contributed by atoms with Crippen LogP contribution in [0.3, 0.4) is 0 Å². The fourth-order valence-corrected chi connectivity index (χ4v) is 1.74. The van der Waals surface area contributed by atoms with Crippen LogP contribution in [-0.4, -0.2) is 46.1 Å². The zero-order valence-electron chi connectivity index (χ0n) is 12.5. The summed E-state index contributed by atoms with van der Waals surface area (Å²) in [5, 5.41) is 2.46. The zero-order chi connectivity index (χ0) is 16.8. The van der Waals surface area contributed by atoms with Crippen molar-refractivity contribution in [1.82, 2.24) is 5.32 Å². The molecule has 0 radical (unpaired) electrons. The van der Waals surface area contributed by atoms with Crippen molar-refractivity contribution in [3.05, 3.63) is 23.3 Å². The van der Waals surface area contributed by atoms with Crippen LogP contribution < -0.4 is 14.8 Å². The predicted molar refractivity (Wildman–Crippen MR) is 73.5 cm³/mol. The molecule has 0 saturated heterocycles. The SMILES string of the molecule is COc1cc(C(=O)NCCOCC(F)(F)F)cc(OC)c1C. The minimum Gasteiger partial charge on any atom is -0.496 e. The molecule has 0 fully saturated rings. The van der Waals surface area contributed by atoms with Gasteiger partial charge < -0.3 is 19.5 Å². The number of nitrogens with one attached hydrogen (secondary N) is 1. The molecular formula is C14H18F3NO4. The van der Waals surface area contributed by atoms with E-state index in [1.54, 1.807) is 6.92 Å². The van der Waals surface area contributed by atoms with Crippen molar-refractivity contribution in [3.63, 3.8) is 0 Å². The van der Waals surface area contributed by atoms with Crippen LogP contribution in [0, 0.1) is 6.92 Å². The van der Waals surface area contributed by atoms with Crippen molar-refractivity contribution in [1.29, 1.82) is 0 Å². The van der Waals surface area contributed by atoms with E-state index >= 15 is 0 Å². The fourth-order valence-electron chi connectivity index (χ4n) is 1.74. The van der Waals surface area contributed by atoms with Crippen LogP contribution in [0.1, 0.15) is 15.9 Å². The molecular weight excluding hydrogens is 303 g/mol. The maximum absolute atomic E-state index is 12.0. The third-order valence-corrected chi connectivity index (χ3v) is 2.81. The first-order valence-electron chi connectivity index (χ1n) is 6.43. The lowest BCUT2D eigenvalue weighted by atomic mass is 10.1. The Morgan fingerprint density at radius 3 is 2.18 bits per heavy atom. The molecule has 1 amide bonds. The molecule has 1 aromatic carbocycles. The number of rotatable bonds is 7. The van der Waals surface area contributed by atoms with Gasteiger partial charge in [0.05, 0.1) is 20.8 Å². The van der Waals surface area contributed by atoms with Crippen LogP contribution in [-0.2, 0) is 4.74 Å². The largest absolute Gasteiger partial charge is 0.496 e. The molecule has 0 unspecified atom stereocenters. The van der Waals surface area contributed by atoms with Crippen molar-refractivity contribution in [2.45, 2.75) is 13.1 Å². The molecule has 1 aromatic rings. The highest BCUT2D eigenvalue weighted by Crippen LogP contribution is 2.29. The van der Waals surface area contributed by atoms with Crippen LogP contribution in [0.25, 0.3) is 0 Å². The molecule has 0 atom stereocenters. The summed E-state index contributed by atoms with van der Waals surface area (Å²) in [6, 6.07) is 3.06. The standard InChI is InChI=1S/C14H18F3NO4/c1-9-11(20-2)6-10(7-12(9)21-3)13(19)18-4-5-22-8-14(15,16)17/h6-7H,4-5,8H2,1-3H3,(H,18,19). The number of hydrogen-bond acceptors (Lipinski definition) is 4. The number of carbonyl (C=O) groups excluding carboxylic acids is 1. The monoisotopic (exact) mass is 321 g/mol. The minimum atomic E-state index is -4.37. The second-order valence-electron chi connectivity index (χ2n) is 4.43.